The Labute approximate surface area is 103 Å². The molecule has 5 nitrogen and oxygen atoms in total. The molecule has 1 fully saturated rings. The van der Waals surface area contributed by atoms with Gasteiger partial charge in [-0.15, -0.1) is 0 Å². The van der Waals surface area contributed by atoms with E-state index in [0.29, 0.717) is 6.54 Å². The minimum Gasteiger partial charge on any atom is -0.394 e. The molecule has 4 N–H and O–H groups in total. The maximum Gasteiger partial charge on any atom is 0.111 e. The maximum absolute atomic E-state index is 9.67. The van der Waals surface area contributed by atoms with Crippen molar-refractivity contribution in [3.05, 3.63) is 0 Å². The second-order valence-electron chi connectivity index (χ2n) is 4.64. The van der Waals surface area contributed by atoms with E-state index in [2.05, 4.69) is 12.2 Å². The summed E-state index contributed by atoms with van der Waals surface area (Å²) in [5.74, 6) is 0. The van der Waals surface area contributed by atoms with Crippen LogP contribution >= 0.6 is 0 Å². The summed E-state index contributed by atoms with van der Waals surface area (Å²) in [6, 6.07) is 0. The summed E-state index contributed by atoms with van der Waals surface area (Å²) in [7, 11) is 0. The molecule has 17 heavy (non-hydrogen) atoms. The third-order valence-electron chi connectivity index (χ3n) is 3.19. The quantitative estimate of drug-likeness (QED) is 0.440. The van der Waals surface area contributed by atoms with E-state index >= 15 is 0 Å². The van der Waals surface area contributed by atoms with Gasteiger partial charge in [-0.05, 0) is 13.0 Å². The van der Waals surface area contributed by atoms with Crippen LogP contribution in [0.4, 0.5) is 0 Å². The van der Waals surface area contributed by atoms with Crippen molar-refractivity contribution in [1.82, 2.24) is 5.32 Å². The fourth-order valence-electron chi connectivity index (χ4n) is 2.07. The predicted octanol–water partition coefficient (Wildman–Crippen LogP) is -0.362. The highest BCUT2D eigenvalue weighted by atomic mass is 16.6. The Kier molecular flexibility index (Phi) is 6.99. The molecule has 1 saturated heterocycles. The molecule has 1 aliphatic heterocycles. The highest BCUT2D eigenvalue weighted by molar-refractivity contribution is 4.91. The van der Waals surface area contributed by atoms with Gasteiger partial charge in [-0.25, -0.2) is 0 Å². The summed E-state index contributed by atoms with van der Waals surface area (Å²) in [5, 5.41) is 31.3. The molecular formula is C12H25NO4. The molecule has 0 aliphatic carbocycles. The zero-order valence-corrected chi connectivity index (χ0v) is 10.5. The zero-order chi connectivity index (χ0) is 12.7. The smallest absolute Gasteiger partial charge is 0.111 e. The van der Waals surface area contributed by atoms with Gasteiger partial charge in [0.05, 0.1) is 12.7 Å². The SMILES string of the molecule is CCCCCCNC[C@H]1O[C@H](CO)[C@@H](O)[C@@H]1O. The van der Waals surface area contributed by atoms with E-state index in [4.69, 9.17) is 9.84 Å². The monoisotopic (exact) mass is 247 g/mol. The molecule has 0 saturated carbocycles. The van der Waals surface area contributed by atoms with E-state index in [1.165, 1.54) is 19.3 Å². The van der Waals surface area contributed by atoms with E-state index in [1.54, 1.807) is 0 Å². The van der Waals surface area contributed by atoms with E-state index in [-0.39, 0.29) is 6.61 Å². The molecule has 0 radical (unpaired) electrons. The third kappa shape index (κ3) is 4.52. The van der Waals surface area contributed by atoms with Crippen LogP contribution in [0.1, 0.15) is 32.6 Å². The van der Waals surface area contributed by atoms with Gasteiger partial charge in [0.15, 0.2) is 0 Å². The van der Waals surface area contributed by atoms with Gasteiger partial charge in [-0.3, -0.25) is 0 Å². The van der Waals surface area contributed by atoms with E-state index < -0.39 is 24.4 Å². The van der Waals surface area contributed by atoms with E-state index in [1.807, 2.05) is 0 Å². The Morgan fingerprint density at radius 1 is 1.06 bits per heavy atom. The molecule has 0 spiro atoms. The number of ether oxygens (including phenoxy) is 1. The van der Waals surface area contributed by atoms with Crippen molar-refractivity contribution in [1.29, 1.82) is 0 Å². The van der Waals surface area contributed by atoms with Crippen molar-refractivity contribution in [3.63, 3.8) is 0 Å². The molecule has 102 valence electrons. The van der Waals surface area contributed by atoms with Crippen molar-refractivity contribution in [2.45, 2.75) is 57.0 Å². The van der Waals surface area contributed by atoms with Crippen LogP contribution in [0.25, 0.3) is 0 Å². The maximum atomic E-state index is 9.67. The van der Waals surface area contributed by atoms with Crippen LogP contribution in [0.5, 0.6) is 0 Å². The van der Waals surface area contributed by atoms with Gasteiger partial charge in [-0.1, -0.05) is 26.2 Å². The number of rotatable bonds is 8. The Morgan fingerprint density at radius 2 is 1.76 bits per heavy atom. The highest BCUT2D eigenvalue weighted by Gasteiger charge is 2.41. The lowest BCUT2D eigenvalue weighted by Crippen LogP contribution is -2.38. The average molecular weight is 247 g/mol. The Bertz CT molecular complexity index is 203. The summed E-state index contributed by atoms with van der Waals surface area (Å²) < 4.78 is 5.35. The molecule has 1 aliphatic rings. The Hall–Kier alpha value is -0.200. The van der Waals surface area contributed by atoms with E-state index in [0.717, 1.165) is 13.0 Å². The van der Waals surface area contributed by atoms with Crippen LogP contribution in [-0.4, -0.2) is 59.4 Å². The molecular weight excluding hydrogens is 222 g/mol. The number of aliphatic hydroxyl groups is 3. The molecule has 5 heteroatoms. The summed E-state index contributed by atoms with van der Waals surface area (Å²) in [6.07, 6.45) is 1.82. The van der Waals surface area contributed by atoms with Crippen molar-refractivity contribution in [2.24, 2.45) is 0 Å². The van der Waals surface area contributed by atoms with Crippen molar-refractivity contribution >= 4 is 0 Å². The molecule has 4 atom stereocenters. The fraction of sp³-hybridized carbons (Fsp3) is 1.00. The highest BCUT2D eigenvalue weighted by Crippen LogP contribution is 2.20. The number of aliphatic hydroxyl groups excluding tert-OH is 3. The van der Waals surface area contributed by atoms with Gasteiger partial charge in [0.1, 0.15) is 18.3 Å². The van der Waals surface area contributed by atoms with Crippen LogP contribution < -0.4 is 5.32 Å². The lowest BCUT2D eigenvalue weighted by atomic mass is 10.1. The fourth-order valence-corrected chi connectivity index (χ4v) is 2.07. The minimum absolute atomic E-state index is 0.259. The van der Waals surface area contributed by atoms with Crippen LogP contribution in [0.3, 0.4) is 0 Å². The van der Waals surface area contributed by atoms with Crippen LogP contribution in [0, 0.1) is 0 Å². The first-order chi connectivity index (χ1) is 8.20. The summed E-state index contributed by atoms with van der Waals surface area (Å²) in [5.41, 5.74) is 0. The Morgan fingerprint density at radius 3 is 2.35 bits per heavy atom. The van der Waals surface area contributed by atoms with Gasteiger partial charge in [-0.2, -0.15) is 0 Å². The number of hydrogen-bond donors (Lipinski definition) is 4. The standard InChI is InChI=1S/C12H25NO4/c1-2-3-4-5-6-13-7-9-11(15)12(16)10(8-14)17-9/h9-16H,2-8H2,1H3/t9-,10-,11-,12-/m1/s1. The van der Waals surface area contributed by atoms with Crippen molar-refractivity contribution in [2.75, 3.05) is 19.7 Å². The van der Waals surface area contributed by atoms with Crippen molar-refractivity contribution in [3.8, 4) is 0 Å². The van der Waals surface area contributed by atoms with Gasteiger partial charge in [0.2, 0.25) is 0 Å². The molecule has 0 aromatic rings. The first-order valence-electron chi connectivity index (χ1n) is 6.53. The molecule has 0 aromatic carbocycles. The van der Waals surface area contributed by atoms with Gasteiger partial charge in [0.25, 0.3) is 0 Å². The lowest BCUT2D eigenvalue weighted by Gasteiger charge is -2.15. The molecule has 0 bridgehead atoms. The first kappa shape index (κ1) is 14.9. The van der Waals surface area contributed by atoms with Crippen molar-refractivity contribution < 1.29 is 20.1 Å². The normalized spacial score (nSPS) is 33.2. The second kappa shape index (κ2) is 8.00. The van der Waals surface area contributed by atoms with Crippen LogP contribution in [-0.2, 0) is 4.74 Å². The molecule has 0 amide bonds. The third-order valence-corrected chi connectivity index (χ3v) is 3.19. The second-order valence-corrected chi connectivity index (χ2v) is 4.64. The average Bonchev–Trinajstić information content (AvgIpc) is 2.61. The molecule has 0 aromatic heterocycles. The first-order valence-corrected chi connectivity index (χ1v) is 6.53. The predicted molar refractivity (Wildman–Crippen MR) is 64.8 cm³/mol. The largest absolute Gasteiger partial charge is 0.394 e. The number of hydrogen-bond acceptors (Lipinski definition) is 5. The molecule has 1 heterocycles. The van der Waals surface area contributed by atoms with Gasteiger partial charge < -0.3 is 25.4 Å². The molecule has 1 rings (SSSR count). The topological polar surface area (TPSA) is 82.0 Å². The molecule has 0 unspecified atom stereocenters. The summed E-state index contributed by atoms with van der Waals surface area (Å²) >= 11 is 0. The zero-order valence-electron chi connectivity index (χ0n) is 10.5. The van der Waals surface area contributed by atoms with Crippen LogP contribution in [0.2, 0.25) is 0 Å². The lowest BCUT2D eigenvalue weighted by molar-refractivity contribution is -0.0212. The Balaban J connectivity index is 2.11. The number of unbranched alkanes of at least 4 members (excludes halogenated alkanes) is 3. The van der Waals surface area contributed by atoms with Gasteiger partial charge in [0, 0.05) is 6.54 Å². The van der Waals surface area contributed by atoms with Gasteiger partial charge >= 0.3 is 0 Å². The van der Waals surface area contributed by atoms with E-state index in [9.17, 15) is 10.2 Å². The minimum atomic E-state index is -0.980. The summed E-state index contributed by atoms with van der Waals surface area (Å²) in [6.45, 7) is 3.32. The number of nitrogens with one attached hydrogen (secondary N) is 1. The van der Waals surface area contributed by atoms with Crippen LogP contribution in [0.15, 0.2) is 0 Å². The summed E-state index contributed by atoms with van der Waals surface area (Å²) in [4.78, 5) is 0.